The lowest BCUT2D eigenvalue weighted by Gasteiger charge is -2.15. The molecule has 2 aromatic carbocycles. The van der Waals surface area contributed by atoms with Gasteiger partial charge in [-0.05, 0) is 55.2 Å². The van der Waals surface area contributed by atoms with Crippen LogP contribution in [0.5, 0.6) is 5.75 Å². The molecule has 9 heteroatoms. The van der Waals surface area contributed by atoms with Crippen molar-refractivity contribution < 1.29 is 19.2 Å². The molecule has 0 bridgehead atoms. The number of ether oxygens (including phenoxy) is 1. The predicted molar refractivity (Wildman–Crippen MR) is 129 cm³/mol. The van der Waals surface area contributed by atoms with E-state index in [1.165, 1.54) is 17.8 Å². The molecular formula is C24H29N3O5S. The van der Waals surface area contributed by atoms with Crippen molar-refractivity contribution in [2.75, 3.05) is 30.8 Å². The summed E-state index contributed by atoms with van der Waals surface area (Å²) in [6, 6.07) is 11.3. The Bertz CT molecular complexity index is 1010. The van der Waals surface area contributed by atoms with Crippen LogP contribution in [-0.2, 0) is 4.79 Å². The molecule has 0 atom stereocenters. The fraction of sp³-hybridized carbons (Fsp3) is 0.417. The maximum absolute atomic E-state index is 12.7. The first-order valence-electron chi connectivity index (χ1n) is 11.1. The molecule has 0 aromatic heterocycles. The SMILES string of the molecule is CC(C)CCSc1ccc(C(=O)Nc2cccc(OCC(=O)N3CCCC3)c2)cc1[N+](=O)[O-]. The van der Waals surface area contributed by atoms with Gasteiger partial charge in [0.1, 0.15) is 5.75 Å². The zero-order valence-corrected chi connectivity index (χ0v) is 19.7. The molecule has 0 spiro atoms. The van der Waals surface area contributed by atoms with Gasteiger partial charge in [-0.2, -0.15) is 0 Å². The lowest BCUT2D eigenvalue weighted by Crippen LogP contribution is -2.32. The standard InChI is InChI=1S/C24H29N3O5S/c1-17(2)10-13-33-22-9-8-18(14-21(22)27(30)31)24(29)25-19-6-5-7-20(15-19)32-16-23(28)26-11-3-4-12-26/h5-9,14-15,17H,3-4,10-13,16H2,1-2H3,(H,25,29). The van der Waals surface area contributed by atoms with Gasteiger partial charge in [0.2, 0.25) is 0 Å². The van der Waals surface area contributed by atoms with E-state index in [2.05, 4.69) is 19.2 Å². The molecule has 1 aliphatic heterocycles. The summed E-state index contributed by atoms with van der Waals surface area (Å²) in [5.74, 6) is 1.24. The van der Waals surface area contributed by atoms with Gasteiger partial charge in [-0.3, -0.25) is 19.7 Å². The molecule has 1 heterocycles. The first-order chi connectivity index (χ1) is 15.8. The first kappa shape index (κ1) is 24.6. The fourth-order valence-corrected chi connectivity index (χ4v) is 4.65. The van der Waals surface area contributed by atoms with E-state index in [-0.39, 0.29) is 23.8 Å². The molecule has 8 nitrogen and oxygen atoms in total. The Balaban J connectivity index is 1.63. The van der Waals surface area contributed by atoms with Crippen molar-refractivity contribution in [1.29, 1.82) is 0 Å². The minimum absolute atomic E-state index is 0.0550. The highest BCUT2D eigenvalue weighted by Crippen LogP contribution is 2.31. The third-order valence-electron chi connectivity index (χ3n) is 5.28. The van der Waals surface area contributed by atoms with E-state index < -0.39 is 10.8 Å². The second kappa shape index (κ2) is 11.7. The molecule has 2 aromatic rings. The number of carbonyl (C=O) groups excluding carboxylic acids is 2. The second-order valence-electron chi connectivity index (χ2n) is 8.33. The number of carbonyl (C=O) groups is 2. The van der Waals surface area contributed by atoms with E-state index in [9.17, 15) is 19.7 Å². The molecule has 0 saturated carbocycles. The topological polar surface area (TPSA) is 102 Å². The van der Waals surface area contributed by atoms with Crippen molar-refractivity contribution in [2.45, 2.75) is 38.0 Å². The van der Waals surface area contributed by atoms with Crippen molar-refractivity contribution in [3.63, 3.8) is 0 Å². The third-order valence-corrected chi connectivity index (χ3v) is 6.38. The van der Waals surface area contributed by atoms with E-state index in [1.807, 2.05) is 0 Å². The zero-order chi connectivity index (χ0) is 23.8. The van der Waals surface area contributed by atoms with Crippen LogP contribution < -0.4 is 10.1 Å². The smallest absolute Gasteiger partial charge is 0.283 e. The van der Waals surface area contributed by atoms with Gasteiger partial charge in [0, 0.05) is 36.5 Å². The summed E-state index contributed by atoms with van der Waals surface area (Å²) in [5.41, 5.74) is 0.600. The van der Waals surface area contributed by atoms with E-state index in [1.54, 1.807) is 41.3 Å². The second-order valence-corrected chi connectivity index (χ2v) is 9.47. The van der Waals surface area contributed by atoms with Gasteiger partial charge < -0.3 is 15.0 Å². The fourth-order valence-electron chi connectivity index (χ4n) is 3.40. The van der Waals surface area contributed by atoms with Crippen LogP contribution in [0.1, 0.15) is 43.5 Å². The molecule has 0 radical (unpaired) electrons. The number of benzene rings is 2. The minimum Gasteiger partial charge on any atom is -0.484 e. The van der Waals surface area contributed by atoms with Crippen LogP contribution in [-0.4, -0.2) is 47.1 Å². The van der Waals surface area contributed by atoms with Gasteiger partial charge in [-0.25, -0.2) is 0 Å². The molecule has 1 N–H and O–H groups in total. The first-order valence-corrected chi connectivity index (χ1v) is 12.1. The predicted octanol–water partition coefficient (Wildman–Crippen LogP) is 4.99. The molecule has 1 saturated heterocycles. The molecule has 1 aliphatic rings. The van der Waals surface area contributed by atoms with Gasteiger partial charge >= 0.3 is 0 Å². The minimum atomic E-state index is -0.458. The van der Waals surface area contributed by atoms with Gasteiger partial charge in [-0.1, -0.05) is 19.9 Å². The number of nitrogens with one attached hydrogen (secondary N) is 1. The van der Waals surface area contributed by atoms with E-state index in [4.69, 9.17) is 4.74 Å². The van der Waals surface area contributed by atoms with Gasteiger partial charge in [0.05, 0.1) is 9.82 Å². The van der Waals surface area contributed by atoms with Crippen molar-refractivity contribution in [3.8, 4) is 5.75 Å². The monoisotopic (exact) mass is 471 g/mol. The van der Waals surface area contributed by atoms with Crippen molar-refractivity contribution in [2.24, 2.45) is 5.92 Å². The number of anilines is 1. The van der Waals surface area contributed by atoms with E-state index >= 15 is 0 Å². The number of hydrogen-bond acceptors (Lipinski definition) is 6. The summed E-state index contributed by atoms with van der Waals surface area (Å²) < 4.78 is 5.59. The third kappa shape index (κ3) is 7.21. The lowest BCUT2D eigenvalue weighted by atomic mass is 10.2. The molecule has 1 fully saturated rings. The van der Waals surface area contributed by atoms with Crippen LogP contribution in [0.3, 0.4) is 0 Å². The van der Waals surface area contributed by atoms with Crippen LogP contribution in [0.4, 0.5) is 11.4 Å². The Morgan fingerprint density at radius 3 is 2.64 bits per heavy atom. The summed E-state index contributed by atoms with van der Waals surface area (Å²) in [6.45, 7) is 5.68. The van der Waals surface area contributed by atoms with Crippen LogP contribution in [0, 0.1) is 16.0 Å². The number of nitro groups is 1. The summed E-state index contributed by atoms with van der Waals surface area (Å²) in [6.07, 6.45) is 2.98. The Hall–Kier alpha value is -3.07. The highest BCUT2D eigenvalue weighted by molar-refractivity contribution is 7.99. The Kier molecular flexibility index (Phi) is 8.71. The summed E-state index contributed by atoms with van der Waals surface area (Å²) in [7, 11) is 0. The molecule has 2 amide bonds. The highest BCUT2D eigenvalue weighted by Gasteiger charge is 2.19. The maximum Gasteiger partial charge on any atom is 0.283 e. The molecule has 0 unspecified atom stereocenters. The number of rotatable bonds is 10. The molecule has 176 valence electrons. The van der Waals surface area contributed by atoms with E-state index in [0.717, 1.165) is 38.1 Å². The van der Waals surface area contributed by atoms with Gasteiger partial charge in [0.15, 0.2) is 6.61 Å². The largest absolute Gasteiger partial charge is 0.484 e. The van der Waals surface area contributed by atoms with E-state index in [0.29, 0.717) is 22.3 Å². The van der Waals surface area contributed by atoms with Gasteiger partial charge in [-0.15, -0.1) is 11.8 Å². The summed E-state index contributed by atoms with van der Waals surface area (Å²) >= 11 is 1.43. The number of nitro benzene ring substituents is 1. The van der Waals surface area contributed by atoms with Crippen molar-refractivity contribution >= 4 is 35.0 Å². The molecule has 3 rings (SSSR count). The van der Waals surface area contributed by atoms with Crippen LogP contribution in [0.25, 0.3) is 0 Å². The number of hydrogen-bond donors (Lipinski definition) is 1. The zero-order valence-electron chi connectivity index (χ0n) is 18.9. The average molecular weight is 472 g/mol. The Labute approximate surface area is 197 Å². The van der Waals surface area contributed by atoms with Crippen LogP contribution in [0.15, 0.2) is 47.4 Å². The Morgan fingerprint density at radius 1 is 1.18 bits per heavy atom. The quantitative estimate of drug-likeness (QED) is 0.298. The Morgan fingerprint density at radius 2 is 1.94 bits per heavy atom. The summed E-state index contributed by atoms with van der Waals surface area (Å²) in [5, 5.41) is 14.3. The summed E-state index contributed by atoms with van der Waals surface area (Å²) in [4.78, 5) is 38.3. The average Bonchev–Trinajstić information content (AvgIpc) is 3.32. The highest BCUT2D eigenvalue weighted by atomic mass is 32.2. The lowest BCUT2D eigenvalue weighted by molar-refractivity contribution is -0.387. The number of likely N-dealkylation sites (tertiary alicyclic amines) is 1. The normalized spacial score (nSPS) is 13.2. The van der Waals surface area contributed by atoms with Crippen molar-refractivity contribution in [1.82, 2.24) is 4.90 Å². The van der Waals surface area contributed by atoms with Crippen LogP contribution >= 0.6 is 11.8 Å². The van der Waals surface area contributed by atoms with Crippen molar-refractivity contribution in [3.05, 3.63) is 58.1 Å². The number of amides is 2. The van der Waals surface area contributed by atoms with Crippen LogP contribution in [0.2, 0.25) is 0 Å². The van der Waals surface area contributed by atoms with Gasteiger partial charge in [0.25, 0.3) is 17.5 Å². The maximum atomic E-state index is 12.7. The molecular weight excluding hydrogens is 442 g/mol. The molecule has 0 aliphatic carbocycles. The number of nitrogens with zero attached hydrogens (tertiary/aromatic N) is 2. The number of thioether (sulfide) groups is 1. The molecule has 33 heavy (non-hydrogen) atoms.